The summed E-state index contributed by atoms with van der Waals surface area (Å²) in [7, 11) is 0. The quantitative estimate of drug-likeness (QED) is 0.529. The molecule has 0 N–H and O–H groups in total. The van der Waals surface area contributed by atoms with Crippen molar-refractivity contribution in [3.63, 3.8) is 0 Å². The van der Waals surface area contributed by atoms with Crippen molar-refractivity contribution >= 4 is 5.65 Å². The predicted molar refractivity (Wildman–Crippen MR) is 92.7 cm³/mol. The summed E-state index contributed by atoms with van der Waals surface area (Å²) >= 11 is 0. The Hall–Kier alpha value is -2.96. The monoisotopic (exact) mass is 447 g/mol. The second-order valence-corrected chi connectivity index (χ2v) is 7.22. The van der Waals surface area contributed by atoms with Gasteiger partial charge in [-0.25, -0.2) is 9.37 Å². The lowest BCUT2D eigenvalue weighted by molar-refractivity contribution is -0.263. The third kappa shape index (κ3) is 4.27. The minimum Gasteiger partial charge on any atom is -0.463 e. The largest absolute Gasteiger partial charge is 0.463 e. The predicted octanol–water partition coefficient (Wildman–Crippen LogP) is 4.13. The molecule has 0 saturated heterocycles. The normalized spacial score (nSPS) is 20.1. The van der Waals surface area contributed by atoms with Gasteiger partial charge in [0.05, 0.1) is 18.0 Å². The van der Waals surface area contributed by atoms with E-state index in [2.05, 4.69) is 24.9 Å². The number of hydrogen-bond donors (Lipinski definition) is 0. The van der Waals surface area contributed by atoms with E-state index in [1.807, 2.05) is 0 Å². The molecule has 2 unspecified atom stereocenters. The molecule has 7 nitrogen and oxygen atoms in total. The molecular weight excluding hydrogens is 432 g/mol. The molecule has 3 aromatic rings. The molecule has 1 fully saturated rings. The number of rotatable bonds is 6. The average molecular weight is 447 g/mol. The van der Waals surface area contributed by atoms with Crippen LogP contribution in [-0.2, 0) is 10.8 Å². The molecular formula is C18H15F6N5O2. The summed E-state index contributed by atoms with van der Waals surface area (Å²) in [5.74, 6) is -2.79. The first-order chi connectivity index (χ1) is 14.5. The fourth-order valence-corrected chi connectivity index (χ4v) is 2.73. The van der Waals surface area contributed by atoms with Crippen molar-refractivity contribution in [1.82, 2.24) is 24.6 Å². The zero-order valence-electron chi connectivity index (χ0n) is 16.1. The van der Waals surface area contributed by atoms with Crippen LogP contribution in [-0.4, -0.2) is 43.0 Å². The van der Waals surface area contributed by atoms with Crippen molar-refractivity contribution < 1.29 is 35.8 Å². The van der Waals surface area contributed by atoms with Gasteiger partial charge in [-0.1, -0.05) is 6.92 Å². The molecule has 0 amide bonds. The maximum Gasteiger partial charge on any atom is 0.425 e. The van der Waals surface area contributed by atoms with E-state index in [0.717, 1.165) is 29.1 Å². The number of hydrogen-bond acceptors (Lipinski definition) is 6. The molecule has 1 aliphatic rings. The Morgan fingerprint density at radius 2 is 1.84 bits per heavy atom. The number of alkyl halides is 5. The molecule has 31 heavy (non-hydrogen) atoms. The van der Waals surface area contributed by atoms with E-state index in [1.165, 1.54) is 0 Å². The van der Waals surface area contributed by atoms with E-state index in [1.54, 1.807) is 6.92 Å². The van der Waals surface area contributed by atoms with Crippen molar-refractivity contribution in [1.29, 1.82) is 0 Å². The number of ether oxygens (including phenoxy) is 2. The van der Waals surface area contributed by atoms with Crippen molar-refractivity contribution in [2.75, 3.05) is 0 Å². The maximum absolute atomic E-state index is 14.5. The Morgan fingerprint density at radius 3 is 2.45 bits per heavy atom. The smallest absolute Gasteiger partial charge is 0.425 e. The third-order valence-electron chi connectivity index (χ3n) is 4.74. The topological polar surface area (TPSA) is 74.4 Å². The molecule has 1 aliphatic carbocycles. The molecule has 3 aromatic heterocycles. The molecule has 3 atom stereocenters. The van der Waals surface area contributed by atoms with Crippen molar-refractivity contribution in [2.45, 2.75) is 44.8 Å². The zero-order chi connectivity index (χ0) is 22.6. The second-order valence-electron chi connectivity index (χ2n) is 7.22. The molecule has 0 radical (unpaired) electrons. The summed E-state index contributed by atoms with van der Waals surface area (Å²) in [4.78, 5) is 7.54. The number of fused-ring (bicyclic) bond motifs is 1. The van der Waals surface area contributed by atoms with Crippen LogP contribution in [0.5, 0.6) is 5.88 Å². The SMILES string of the molecule is CC1CC1OC(F)(F)c1nnc2cnc(-c3cnc(O[C@H](C)C(F)(F)F)c(F)c3)cn12. The van der Waals surface area contributed by atoms with Crippen LogP contribution in [0.15, 0.2) is 24.7 Å². The van der Waals surface area contributed by atoms with Crippen LogP contribution in [0.1, 0.15) is 26.1 Å². The molecule has 0 bridgehead atoms. The maximum atomic E-state index is 14.5. The molecule has 3 heterocycles. The van der Waals surface area contributed by atoms with Gasteiger partial charge in [-0.05, 0) is 25.3 Å². The van der Waals surface area contributed by atoms with Gasteiger partial charge in [0.15, 0.2) is 17.6 Å². The van der Waals surface area contributed by atoms with Crippen LogP contribution in [0.3, 0.4) is 0 Å². The van der Waals surface area contributed by atoms with Gasteiger partial charge in [-0.3, -0.25) is 9.38 Å². The van der Waals surface area contributed by atoms with Crippen LogP contribution >= 0.6 is 0 Å². The summed E-state index contributed by atoms with van der Waals surface area (Å²) in [6.45, 7) is 2.48. The van der Waals surface area contributed by atoms with E-state index < -0.39 is 42.0 Å². The highest BCUT2D eigenvalue weighted by Gasteiger charge is 2.47. The standard InChI is InChI=1S/C18H15F6N5O2/c1-8-3-13(8)31-18(23,24)16-28-27-14-6-25-12(7-29(14)16)10-4-11(19)15(26-5-10)30-9(2)17(20,21)22/h4-9,13H,3H2,1-2H3/t8?,9-,13?/m1/s1. The van der Waals surface area contributed by atoms with Gasteiger partial charge in [0.25, 0.3) is 5.88 Å². The van der Waals surface area contributed by atoms with Gasteiger partial charge in [-0.15, -0.1) is 10.2 Å². The van der Waals surface area contributed by atoms with Crippen molar-refractivity contribution in [3.8, 4) is 17.1 Å². The second kappa shape index (κ2) is 7.32. The van der Waals surface area contributed by atoms with Gasteiger partial charge in [0, 0.05) is 18.0 Å². The van der Waals surface area contributed by atoms with Gasteiger partial charge in [0.1, 0.15) is 0 Å². The fraction of sp³-hybridized carbons (Fsp3) is 0.444. The van der Waals surface area contributed by atoms with Crippen LogP contribution in [0.25, 0.3) is 16.9 Å². The Labute approximate surface area is 171 Å². The van der Waals surface area contributed by atoms with E-state index >= 15 is 0 Å². The number of pyridine rings is 1. The molecule has 0 aliphatic heterocycles. The Balaban J connectivity index is 1.63. The van der Waals surface area contributed by atoms with Crippen LogP contribution in [0, 0.1) is 11.7 Å². The Morgan fingerprint density at radius 1 is 1.13 bits per heavy atom. The third-order valence-corrected chi connectivity index (χ3v) is 4.74. The Kier molecular flexibility index (Phi) is 5.03. The van der Waals surface area contributed by atoms with Crippen molar-refractivity contribution in [3.05, 3.63) is 36.3 Å². The fourth-order valence-electron chi connectivity index (χ4n) is 2.73. The van der Waals surface area contributed by atoms with Crippen LogP contribution < -0.4 is 4.74 Å². The number of aromatic nitrogens is 5. The average Bonchev–Trinajstić information content (AvgIpc) is 3.19. The summed E-state index contributed by atoms with van der Waals surface area (Å²) in [5, 5.41) is 7.10. The zero-order valence-corrected chi connectivity index (χ0v) is 16.1. The van der Waals surface area contributed by atoms with E-state index in [9.17, 15) is 26.3 Å². The van der Waals surface area contributed by atoms with Crippen LogP contribution in [0.2, 0.25) is 0 Å². The summed E-state index contributed by atoms with van der Waals surface area (Å²) in [6, 6.07) is 0.837. The summed E-state index contributed by atoms with van der Waals surface area (Å²) in [5.41, 5.74) is 0.0235. The highest BCUT2D eigenvalue weighted by molar-refractivity contribution is 5.59. The van der Waals surface area contributed by atoms with E-state index in [-0.39, 0.29) is 22.8 Å². The molecule has 1 saturated carbocycles. The lowest BCUT2D eigenvalue weighted by Gasteiger charge is -2.17. The van der Waals surface area contributed by atoms with Gasteiger partial charge < -0.3 is 9.47 Å². The summed E-state index contributed by atoms with van der Waals surface area (Å²) < 4.78 is 91.3. The molecule has 0 spiro atoms. The van der Waals surface area contributed by atoms with Gasteiger partial charge >= 0.3 is 12.3 Å². The van der Waals surface area contributed by atoms with Gasteiger partial charge in [-0.2, -0.15) is 22.0 Å². The lowest BCUT2D eigenvalue weighted by Crippen LogP contribution is -2.31. The minimum atomic E-state index is -4.70. The number of nitrogens with zero attached hydrogens (tertiary/aromatic N) is 5. The molecule has 13 heteroatoms. The Bertz CT molecular complexity index is 1120. The van der Waals surface area contributed by atoms with E-state index in [0.29, 0.717) is 13.3 Å². The number of halogens is 6. The molecule has 166 valence electrons. The minimum absolute atomic E-state index is 0.00161. The lowest BCUT2D eigenvalue weighted by atomic mass is 10.2. The molecule has 0 aromatic carbocycles. The first kappa shape index (κ1) is 21.3. The molecule has 4 rings (SSSR count). The summed E-state index contributed by atoms with van der Waals surface area (Å²) in [6.07, 6.45) is -7.49. The highest BCUT2D eigenvalue weighted by atomic mass is 19.4. The van der Waals surface area contributed by atoms with Crippen molar-refractivity contribution in [2.24, 2.45) is 5.92 Å². The van der Waals surface area contributed by atoms with Gasteiger partial charge in [0.2, 0.25) is 5.82 Å². The highest BCUT2D eigenvalue weighted by Crippen LogP contribution is 2.41. The van der Waals surface area contributed by atoms with Crippen LogP contribution in [0.4, 0.5) is 26.3 Å². The van der Waals surface area contributed by atoms with E-state index in [4.69, 9.17) is 4.74 Å². The first-order valence-corrected chi connectivity index (χ1v) is 9.12. The first-order valence-electron chi connectivity index (χ1n) is 9.12.